The molecule has 2 aliphatic rings. The van der Waals surface area contributed by atoms with Crippen LogP contribution < -0.4 is 0 Å². The number of rotatable bonds is 3. The van der Waals surface area contributed by atoms with Crippen LogP contribution in [-0.2, 0) is 7.05 Å². The highest BCUT2D eigenvalue weighted by Gasteiger charge is 2.38. The molecule has 1 aromatic carbocycles. The Morgan fingerprint density at radius 2 is 1.80 bits per heavy atom. The number of amides is 1. The summed E-state index contributed by atoms with van der Waals surface area (Å²) in [7, 11) is 1.99. The molecule has 0 N–H and O–H groups in total. The minimum atomic E-state index is 0.158. The van der Waals surface area contributed by atoms with Gasteiger partial charge in [-0.3, -0.25) is 9.69 Å². The van der Waals surface area contributed by atoms with Crippen LogP contribution in [0.4, 0.5) is 0 Å². The maximum atomic E-state index is 12.9. The third-order valence-electron chi connectivity index (χ3n) is 5.88. The summed E-state index contributed by atoms with van der Waals surface area (Å²) in [5.74, 6) is 0.158. The molecular formula is C21H27N3O. The van der Waals surface area contributed by atoms with Crippen molar-refractivity contribution < 1.29 is 4.79 Å². The number of benzene rings is 1. The lowest BCUT2D eigenvalue weighted by atomic mass is 9.97. The van der Waals surface area contributed by atoms with Crippen molar-refractivity contribution in [3.05, 3.63) is 48.2 Å². The average Bonchev–Trinajstić information content (AvgIpc) is 2.97. The minimum Gasteiger partial charge on any atom is -0.340 e. The molecule has 4 rings (SSSR count). The number of nitrogens with zero attached hydrogens (tertiary/aromatic N) is 3. The maximum absolute atomic E-state index is 12.9. The molecule has 3 heterocycles. The molecule has 0 bridgehead atoms. The van der Waals surface area contributed by atoms with E-state index in [0.717, 1.165) is 30.0 Å². The van der Waals surface area contributed by atoms with Gasteiger partial charge in [0.25, 0.3) is 5.91 Å². The van der Waals surface area contributed by atoms with Gasteiger partial charge in [0, 0.05) is 37.9 Å². The van der Waals surface area contributed by atoms with Crippen molar-refractivity contribution in [2.24, 2.45) is 7.05 Å². The summed E-state index contributed by atoms with van der Waals surface area (Å²) in [6.07, 6.45) is 3.94. The van der Waals surface area contributed by atoms with Gasteiger partial charge in [0.1, 0.15) is 5.69 Å². The van der Waals surface area contributed by atoms with Gasteiger partial charge in [-0.25, -0.2) is 0 Å². The van der Waals surface area contributed by atoms with Gasteiger partial charge in [-0.05, 0) is 44.0 Å². The van der Waals surface area contributed by atoms with E-state index < -0.39 is 0 Å². The summed E-state index contributed by atoms with van der Waals surface area (Å²) in [4.78, 5) is 17.5. The van der Waals surface area contributed by atoms with Crippen LogP contribution in [0, 0.1) is 0 Å². The summed E-state index contributed by atoms with van der Waals surface area (Å²) >= 11 is 0. The Balaban J connectivity index is 1.44. The fourth-order valence-electron chi connectivity index (χ4n) is 4.28. The van der Waals surface area contributed by atoms with Crippen LogP contribution >= 0.6 is 0 Å². The molecule has 4 nitrogen and oxygen atoms in total. The molecule has 25 heavy (non-hydrogen) atoms. The van der Waals surface area contributed by atoms with Crippen molar-refractivity contribution in [3.8, 4) is 11.3 Å². The first-order valence-corrected chi connectivity index (χ1v) is 9.41. The first-order valence-electron chi connectivity index (χ1n) is 9.41. The number of hydrogen-bond acceptors (Lipinski definition) is 2. The number of piperidine rings is 1. The van der Waals surface area contributed by atoms with Crippen molar-refractivity contribution in [1.29, 1.82) is 0 Å². The monoisotopic (exact) mass is 337 g/mol. The Hall–Kier alpha value is -2.07. The zero-order valence-electron chi connectivity index (χ0n) is 15.2. The Morgan fingerprint density at radius 3 is 2.52 bits per heavy atom. The van der Waals surface area contributed by atoms with E-state index >= 15 is 0 Å². The number of likely N-dealkylation sites (tertiary alicyclic amines) is 2. The SMILES string of the molecule is C[C@@H]1CCCCN1C1CN(C(=O)c2ccc(-c3ccccc3)n2C)C1. The van der Waals surface area contributed by atoms with Crippen molar-refractivity contribution in [2.45, 2.75) is 38.3 Å². The zero-order valence-corrected chi connectivity index (χ0v) is 15.2. The van der Waals surface area contributed by atoms with E-state index in [4.69, 9.17) is 0 Å². The van der Waals surface area contributed by atoms with Gasteiger partial charge in [0.05, 0.1) is 0 Å². The van der Waals surface area contributed by atoms with E-state index in [-0.39, 0.29) is 5.91 Å². The van der Waals surface area contributed by atoms with E-state index in [0.29, 0.717) is 12.1 Å². The molecule has 2 aliphatic heterocycles. The number of carbonyl (C=O) groups excluding carboxylic acids is 1. The Labute approximate surface area is 150 Å². The predicted octanol–water partition coefficient (Wildman–Crippen LogP) is 3.39. The molecule has 132 valence electrons. The highest BCUT2D eigenvalue weighted by atomic mass is 16.2. The van der Waals surface area contributed by atoms with Gasteiger partial charge in [0.15, 0.2) is 0 Å². The number of aromatic nitrogens is 1. The molecule has 4 heteroatoms. The van der Waals surface area contributed by atoms with Crippen LogP contribution in [0.3, 0.4) is 0 Å². The van der Waals surface area contributed by atoms with Crippen molar-refractivity contribution in [3.63, 3.8) is 0 Å². The van der Waals surface area contributed by atoms with Crippen LogP contribution in [0.15, 0.2) is 42.5 Å². The highest BCUT2D eigenvalue weighted by molar-refractivity contribution is 5.94. The normalized spacial score (nSPS) is 22.0. The van der Waals surface area contributed by atoms with Crippen molar-refractivity contribution in [2.75, 3.05) is 19.6 Å². The first kappa shape index (κ1) is 16.4. The highest BCUT2D eigenvalue weighted by Crippen LogP contribution is 2.27. The smallest absolute Gasteiger partial charge is 0.270 e. The van der Waals surface area contributed by atoms with Gasteiger partial charge in [-0.1, -0.05) is 36.8 Å². The van der Waals surface area contributed by atoms with Gasteiger partial charge < -0.3 is 9.47 Å². The molecule has 0 unspecified atom stereocenters. The second kappa shape index (κ2) is 6.68. The second-order valence-electron chi connectivity index (χ2n) is 7.48. The summed E-state index contributed by atoms with van der Waals surface area (Å²) in [5, 5.41) is 0. The standard InChI is InChI=1S/C21H27N3O/c1-16-8-6-7-13-24(16)18-14-23(15-18)21(25)20-12-11-19(22(20)2)17-9-4-3-5-10-17/h3-5,9-12,16,18H,6-8,13-15H2,1-2H3/t16-/m1/s1. The van der Waals surface area contributed by atoms with Gasteiger partial charge in [-0.15, -0.1) is 0 Å². The van der Waals surface area contributed by atoms with E-state index in [2.05, 4.69) is 24.0 Å². The fourth-order valence-corrected chi connectivity index (χ4v) is 4.28. The van der Waals surface area contributed by atoms with Crippen LogP contribution in [0.5, 0.6) is 0 Å². The van der Waals surface area contributed by atoms with Crippen LogP contribution in [0.25, 0.3) is 11.3 Å². The lowest BCUT2D eigenvalue weighted by Gasteiger charge is -2.49. The molecule has 2 saturated heterocycles. The molecule has 2 fully saturated rings. The lowest BCUT2D eigenvalue weighted by Crippen LogP contribution is -2.63. The van der Waals surface area contributed by atoms with E-state index in [9.17, 15) is 4.79 Å². The van der Waals surface area contributed by atoms with Crippen molar-refractivity contribution >= 4 is 5.91 Å². The molecule has 1 atom stereocenters. The Kier molecular flexibility index (Phi) is 4.38. The second-order valence-corrected chi connectivity index (χ2v) is 7.48. The number of carbonyl (C=O) groups is 1. The largest absolute Gasteiger partial charge is 0.340 e. The minimum absolute atomic E-state index is 0.158. The van der Waals surface area contributed by atoms with Crippen LogP contribution in [0.2, 0.25) is 0 Å². The zero-order chi connectivity index (χ0) is 17.4. The third kappa shape index (κ3) is 2.99. The van der Waals surface area contributed by atoms with E-state index in [1.54, 1.807) is 0 Å². The summed E-state index contributed by atoms with van der Waals surface area (Å²) in [6, 6.07) is 15.5. The van der Waals surface area contributed by atoms with Gasteiger partial charge in [-0.2, -0.15) is 0 Å². The molecule has 0 spiro atoms. The molecule has 2 aromatic rings. The average molecular weight is 337 g/mol. The summed E-state index contributed by atoms with van der Waals surface area (Å²) < 4.78 is 2.02. The predicted molar refractivity (Wildman–Crippen MR) is 101 cm³/mol. The molecule has 0 aliphatic carbocycles. The fraction of sp³-hybridized carbons (Fsp3) is 0.476. The maximum Gasteiger partial charge on any atom is 0.270 e. The summed E-state index contributed by atoms with van der Waals surface area (Å²) in [6.45, 7) is 5.26. The Bertz CT molecular complexity index is 746. The Morgan fingerprint density at radius 1 is 1.04 bits per heavy atom. The molecule has 0 radical (unpaired) electrons. The quantitative estimate of drug-likeness (QED) is 0.859. The van der Waals surface area contributed by atoms with Crippen LogP contribution in [-0.4, -0.2) is 52.0 Å². The van der Waals surface area contributed by atoms with Crippen molar-refractivity contribution in [1.82, 2.24) is 14.4 Å². The van der Waals surface area contributed by atoms with E-state index in [1.807, 2.05) is 46.8 Å². The van der Waals surface area contributed by atoms with Crippen LogP contribution in [0.1, 0.15) is 36.7 Å². The van der Waals surface area contributed by atoms with E-state index in [1.165, 1.54) is 25.8 Å². The topological polar surface area (TPSA) is 28.5 Å². The molecular weight excluding hydrogens is 310 g/mol. The van der Waals surface area contributed by atoms with Gasteiger partial charge >= 0.3 is 0 Å². The summed E-state index contributed by atoms with van der Waals surface area (Å²) in [5.41, 5.74) is 3.02. The number of hydrogen-bond donors (Lipinski definition) is 0. The third-order valence-corrected chi connectivity index (χ3v) is 5.88. The lowest BCUT2D eigenvalue weighted by molar-refractivity contribution is 0.00163. The molecule has 0 saturated carbocycles. The molecule has 1 amide bonds. The van der Waals surface area contributed by atoms with Gasteiger partial charge in [0.2, 0.25) is 0 Å². The molecule has 1 aromatic heterocycles. The first-order chi connectivity index (χ1) is 12.1.